The SMILES string of the molecule is Cc1cnc(NC(=O)[C@H](CC2CCCC2)n2ccc(S(C)(=O)=O)cc2=O)cn1. The highest BCUT2D eigenvalue weighted by molar-refractivity contribution is 7.90. The number of hydrogen-bond acceptors (Lipinski definition) is 6. The Morgan fingerprint density at radius 1 is 1.29 bits per heavy atom. The van der Waals surface area contributed by atoms with Gasteiger partial charge in [0.2, 0.25) is 5.91 Å². The molecule has 3 rings (SSSR count). The first-order valence-electron chi connectivity index (χ1n) is 9.26. The number of aryl methyl sites for hydroxylation is 1. The van der Waals surface area contributed by atoms with Crippen molar-refractivity contribution in [1.29, 1.82) is 0 Å². The van der Waals surface area contributed by atoms with Gasteiger partial charge in [0.15, 0.2) is 15.7 Å². The molecule has 1 N–H and O–H groups in total. The highest BCUT2D eigenvalue weighted by Crippen LogP contribution is 2.32. The van der Waals surface area contributed by atoms with Crippen molar-refractivity contribution in [1.82, 2.24) is 14.5 Å². The van der Waals surface area contributed by atoms with Crippen molar-refractivity contribution in [2.24, 2.45) is 5.92 Å². The topological polar surface area (TPSA) is 111 Å². The monoisotopic (exact) mass is 404 g/mol. The van der Waals surface area contributed by atoms with Crippen LogP contribution in [-0.2, 0) is 14.6 Å². The van der Waals surface area contributed by atoms with E-state index in [0.29, 0.717) is 18.2 Å². The van der Waals surface area contributed by atoms with Crippen molar-refractivity contribution in [3.05, 3.63) is 46.8 Å². The zero-order chi connectivity index (χ0) is 20.3. The van der Waals surface area contributed by atoms with Gasteiger partial charge in [-0.05, 0) is 25.3 Å². The molecule has 0 spiro atoms. The van der Waals surface area contributed by atoms with Crippen LogP contribution in [0.15, 0.2) is 40.4 Å². The molecule has 1 aliphatic rings. The lowest BCUT2D eigenvalue weighted by Crippen LogP contribution is -2.34. The molecule has 2 aromatic heterocycles. The third-order valence-corrected chi connectivity index (χ3v) is 6.16. The van der Waals surface area contributed by atoms with E-state index in [2.05, 4.69) is 15.3 Å². The Balaban J connectivity index is 1.91. The molecule has 1 amide bonds. The molecule has 0 bridgehead atoms. The Morgan fingerprint density at radius 2 is 2.00 bits per heavy atom. The van der Waals surface area contributed by atoms with Crippen LogP contribution in [0.2, 0.25) is 0 Å². The second-order valence-corrected chi connectivity index (χ2v) is 9.33. The summed E-state index contributed by atoms with van der Waals surface area (Å²) in [5.74, 6) is 0.299. The third-order valence-electron chi connectivity index (χ3n) is 5.05. The number of aromatic nitrogens is 3. The van der Waals surface area contributed by atoms with Crippen LogP contribution in [0.1, 0.15) is 43.8 Å². The van der Waals surface area contributed by atoms with Crippen LogP contribution >= 0.6 is 0 Å². The quantitative estimate of drug-likeness (QED) is 0.789. The largest absolute Gasteiger partial charge is 0.308 e. The molecule has 1 aliphatic carbocycles. The van der Waals surface area contributed by atoms with Crippen molar-refractivity contribution in [3.8, 4) is 0 Å². The molecule has 2 aromatic rings. The number of rotatable bonds is 6. The van der Waals surface area contributed by atoms with Gasteiger partial charge in [0.1, 0.15) is 6.04 Å². The molecule has 28 heavy (non-hydrogen) atoms. The first-order chi connectivity index (χ1) is 13.2. The summed E-state index contributed by atoms with van der Waals surface area (Å²) in [6, 6.07) is 1.68. The summed E-state index contributed by atoms with van der Waals surface area (Å²) in [5.41, 5.74) is 0.212. The number of sulfone groups is 1. The summed E-state index contributed by atoms with van der Waals surface area (Å²) in [6.07, 6.45) is 10.2. The fraction of sp³-hybridized carbons (Fsp3) is 0.474. The fourth-order valence-electron chi connectivity index (χ4n) is 3.54. The van der Waals surface area contributed by atoms with Crippen molar-refractivity contribution in [2.45, 2.75) is 50.0 Å². The summed E-state index contributed by atoms with van der Waals surface area (Å²) in [4.78, 5) is 33.7. The lowest BCUT2D eigenvalue weighted by molar-refractivity contribution is -0.119. The highest BCUT2D eigenvalue weighted by atomic mass is 32.2. The molecule has 9 heteroatoms. The lowest BCUT2D eigenvalue weighted by atomic mass is 9.97. The molecule has 8 nitrogen and oxygen atoms in total. The van der Waals surface area contributed by atoms with Gasteiger partial charge in [-0.15, -0.1) is 0 Å². The van der Waals surface area contributed by atoms with E-state index < -0.39 is 21.4 Å². The minimum atomic E-state index is -3.50. The maximum atomic E-state index is 13.0. The van der Waals surface area contributed by atoms with Crippen LogP contribution in [-0.4, -0.2) is 35.1 Å². The summed E-state index contributed by atoms with van der Waals surface area (Å²) in [7, 11) is -3.50. The van der Waals surface area contributed by atoms with Gasteiger partial charge >= 0.3 is 0 Å². The number of nitrogens with zero attached hydrogens (tertiary/aromatic N) is 3. The fourth-order valence-corrected chi connectivity index (χ4v) is 4.16. The van der Waals surface area contributed by atoms with Gasteiger partial charge in [-0.3, -0.25) is 14.6 Å². The normalized spacial score (nSPS) is 16.1. The second-order valence-electron chi connectivity index (χ2n) is 7.31. The van der Waals surface area contributed by atoms with Crippen LogP contribution in [0, 0.1) is 12.8 Å². The molecule has 150 valence electrons. The van der Waals surface area contributed by atoms with Crippen LogP contribution in [0.3, 0.4) is 0 Å². The minimum absolute atomic E-state index is 0.0572. The van der Waals surface area contributed by atoms with E-state index >= 15 is 0 Å². The number of carbonyl (C=O) groups is 1. The smallest absolute Gasteiger partial charge is 0.252 e. The number of anilines is 1. The van der Waals surface area contributed by atoms with Crippen LogP contribution in [0.5, 0.6) is 0 Å². The molecule has 0 aliphatic heterocycles. The Hall–Kier alpha value is -2.55. The predicted molar refractivity (Wildman–Crippen MR) is 105 cm³/mol. The van der Waals surface area contributed by atoms with Crippen molar-refractivity contribution < 1.29 is 13.2 Å². The van der Waals surface area contributed by atoms with Crippen LogP contribution in [0.25, 0.3) is 0 Å². The predicted octanol–water partition coefficient (Wildman–Crippen LogP) is 2.11. The molecule has 1 saturated carbocycles. The first-order valence-corrected chi connectivity index (χ1v) is 11.1. The number of amides is 1. The van der Waals surface area contributed by atoms with Gasteiger partial charge in [0, 0.05) is 18.5 Å². The van der Waals surface area contributed by atoms with Crippen LogP contribution < -0.4 is 10.9 Å². The van der Waals surface area contributed by atoms with Gasteiger partial charge in [0.05, 0.1) is 23.0 Å². The lowest BCUT2D eigenvalue weighted by Gasteiger charge is -2.22. The Labute approximate surface area is 163 Å². The third kappa shape index (κ3) is 4.83. The maximum Gasteiger partial charge on any atom is 0.252 e. The van der Waals surface area contributed by atoms with Gasteiger partial charge in [-0.25, -0.2) is 13.4 Å². The number of nitrogens with one attached hydrogen (secondary N) is 1. The summed E-state index contributed by atoms with van der Waals surface area (Å²) in [5, 5.41) is 2.72. The average molecular weight is 404 g/mol. The van der Waals surface area contributed by atoms with Crippen molar-refractivity contribution >= 4 is 21.6 Å². The van der Waals surface area contributed by atoms with E-state index in [1.165, 1.54) is 23.0 Å². The number of pyridine rings is 1. The minimum Gasteiger partial charge on any atom is -0.308 e. The Morgan fingerprint density at radius 3 is 2.57 bits per heavy atom. The second kappa shape index (κ2) is 8.22. The van der Waals surface area contributed by atoms with Gasteiger partial charge in [0.25, 0.3) is 5.56 Å². The van der Waals surface area contributed by atoms with E-state index in [4.69, 9.17) is 0 Å². The standard InChI is InChI=1S/C19H24N4O4S/c1-13-11-21-17(12-20-13)22-19(25)16(9-14-5-3-4-6-14)23-8-7-15(10-18(23)24)28(2,26)27/h7-8,10-12,14,16H,3-6,9H2,1-2H3,(H,21,22,25)/t16-/m0/s1. The summed E-state index contributed by atoms with van der Waals surface area (Å²) >= 11 is 0. The Bertz CT molecular complexity index is 1010. The molecule has 0 radical (unpaired) electrons. The van der Waals surface area contributed by atoms with E-state index in [9.17, 15) is 18.0 Å². The molecular formula is C19H24N4O4S. The molecule has 0 unspecified atom stereocenters. The molecule has 2 heterocycles. The van der Waals surface area contributed by atoms with E-state index in [0.717, 1.165) is 43.7 Å². The summed E-state index contributed by atoms with van der Waals surface area (Å²) in [6.45, 7) is 1.80. The van der Waals surface area contributed by atoms with E-state index in [-0.39, 0.29) is 10.8 Å². The zero-order valence-corrected chi connectivity index (χ0v) is 16.8. The van der Waals surface area contributed by atoms with Gasteiger partial charge in [-0.2, -0.15) is 0 Å². The van der Waals surface area contributed by atoms with Crippen LogP contribution in [0.4, 0.5) is 5.82 Å². The first kappa shape index (κ1) is 20.2. The summed E-state index contributed by atoms with van der Waals surface area (Å²) < 4.78 is 24.7. The average Bonchev–Trinajstić information content (AvgIpc) is 3.14. The van der Waals surface area contributed by atoms with Crippen molar-refractivity contribution in [3.63, 3.8) is 0 Å². The van der Waals surface area contributed by atoms with Crippen molar-refractivity contribution in [2.75, 3.05) is 11.6 Å². The Kier molecular flexibility index (Phi) is 5.93. The number of carbonyl (C=O) groups excluding carboxylic acids is 1. The zero-order valence-electron chi connectivity index (χ0n) is 16.0. The van der Waals surface area contributed by atoms with E-state index in [1.807, 2.05) is 0 Å². The highest BCUT2D eigenvalue weighted by Gasteiger charge is 2.28. The van der Waals surface area contributed by atoms with Gasteiger partial charge < -0.3 is 9.88 Å². The number of hydrogen-bond donors (Lipinski definition) is 1. The maximum absolute atomic E-state index is 13.0. The molecule has 1 fully saturated rings. The molecule has 0 aromatic carbocycles. The molecule has 1 atom stereocenters. The van der Waals surface area contributed by atoms with E-state index in [1.54, 1.807) is 13.1 Å². The van der Waals surface area contributed by atoms with Gasteiger partial charge in [-0.1, -0.05) is 25.7 Å². The molecular weight excluding hydrogens is 380 g/mol. The molecule has 0 saturated heterocycles.